The lowest BCUT2D eigenvalue weighted by atomic mass is 10.2. The molecule has 2 aromatic rings. The van der Waals surface area contributed by atoms with Gasteiger partial charge in [0.05, 0.1) is 5.56 Å². The molecule has 5 nitrogen and oxygen atoms in total. The first-order valence-electron chi connectivity index (χ1n) is 6.14. The van der Waals surface area contributed by atoms with Crippen LogP contribution in [0.25, 0.3) is 0 Å². The van der Waals surface area contributed by atoms with Crippen molar-refractivity contribution in [3.63, 3.8) is 0 Å². The number of benzene rings is 2. The standard InChI is InChI=1S/C15H14N2O3S/c1-21-13-4-2-3-12(9-13)17-15(20)16-11-7-5-10(6-8-11)14(18)19/h2-9H,1H3,(H,18,19)(H2,16,17,20). The summed E-state index contributed by atoms with van der Waals surface area (Å²) in [5, 5.41) is 14.2. The van der Waals surface area contributed by atoms with E-state index in [2.05, 4.69) is 10.6 Å². The molecular formula is C15H14N2O3S. The Morgan fingerprint density at radius 3 is 2.29 bits per heavy atom. The molecule has 0 saturated heterocycles. The molecule has 108 valence electrons. The number of carboxylic acid groups (broad SMARTS) is 1. The fourth-order valence-electron chi connectivity index (χ4n) is 1.69. The van der Waals surface area contributed by atoms with Crippen molar-refractivity contribution in [1.82, 2.24) is 0 Å². The van der Waals surface area contributed by atoms with E-state index < -0.39 is 5.97 Å². The fraction of sp³-hybridized carbons (Fsp3) is 0.0667. The summed E-state index contributed by atoms with van der Waals surface area (Å²) in [4.78, 5) is 23.6. The van der Waals surface area contributed by atoms with Gasteiger partial charge in [0.2, 0.25) is 0 Å². The van der Waals surface area contributed by atoms with Crippen molar-refractivity contribution >= 4 is 35.1 Å². The predicted molar refractivity (Wildman–Crippen MR) is 84.3 cm³/mol. The van der Waals surface area contributed by atoms with Crippen LogP contribution in [0.2, 0.25) is 0 Å². The average molecular weight is 302 g/mol. The molecule has 21 heavy (non-hydrogen) atoms. The minimum Gasteiger partial charge on any atom is -0.478 e. The van der Waals surface area contributed by atoms with E-state index in [-0.39, 0.29) is 11.6 Å². The Kier molecular flexibility index (Phi) is 4.84. The van der Waals surface area contributed by atoms with E-state index in [1.807, 2.05) is 24.5 Å². The Hall–Kier alpha value is -2.47. The smallest absolute Gasteiger partial charge is 0.335 e. The van der Waals surface area contributed by atoms with Crippen LogP contribution in [0, 0.1) is 0 Å². The van der Waals surface area contributed by atoms with Gasteiger partial charge in [0.15, 0.2) is 0 Å². The predicted octanol–water partition coefficient (Wildman–Crippen LogP) is 3.75. The lowest BCUT2D eigenvalue weighted by molar-refractivity contribution is 0.0697. The lowest BCUT2D eigenvalue weighted by Gasteiger charge is -2.08. The third-order valence-electron chi connectivity index (χ3n) is 2.72. The quantitative estimate of drug-likeness (QED) is 0.752. The molecule has 0 bridgehead atoms. The van der Waals surface area contributed by atoms with Crippen molar-refractivity contribution < 1.29 is 14.7 Å². The summed E-state index contributed by atoms with van der Waals surface area (Å²) in [7, 11) is 0. The SMILES string of the molecule is CSc1cccc(NC(=O)Nc2ccc(C(=O)O)cc2)c1. The molecule has 2 aromatic carbocycles. The van der Waals surface area contributed by atoms with E-state index in [1.165, 1.54) is 12.1 Å². The third-order valence-corrected chi connectivity index (χ3v) is 3.44. The maximum absolute atomic E-state index is 11.9. The maximum atomic E-state index is 11.9. The normalized spacial score (nSPS) is 9.95. The minimum absolute atomic E-state index is 0.175. The zero-order valence-electron chi connectivity index (χ0n) is 11.3. The number of rotatable bonds is 4. The summed E-state index contributed by atoms with van der Waals surface area (Å²) in [5.74, 6) is -1.00. The van der Waals surface area contributed by atoms with Gasteiger partial charge in [0.1, 0.15) is 0 Å². The van der Waals surface area contributed by atoms with Gasteiger partial charge in [0.25, 0.3) is 0 Å². The Labute approximate surface area is 126 Å². The molecule has 0 spiro atoms. The number of aromatic carboxylic acids is 1. The summed E-state index contributed by atoms with van der Waals surface area (Å²) >= 11 is 1.59. The van der Waals surface area contributed by atoms with Crippen LogP contribution >= 0.6 is 11.8 Å². The highest BCUT2D eigenvalue weighted by molar-refractivity contribution is 7.98. The third kappa shape index (κ3) is 4.25. The van der Waals surface area contributed by atoms with Crippen molar-refractivity contribution in [3.8, 4) is 0 Å². The summed E-state index contributed by atoms with van der Waals surface area (Å²) in [6.07, 6.45) is 1.96. The topological polar surface area (TPSA) is 78.4 Å². The van der Waals surface area contributed by atoms with Crippen molar-refractivity contribution in [3.05, 3.63) is 54.1 Å². The molecule has 0 aliphatic heterocycles. The van der Waals surface area contributed by atoms with E-state index in [1.54, 1.807) is 30.0 Å². The van der Waals surface area contributed by atoms with Crippen molar-refractivity contribution in [2.45, 2.75) is 4.90 Å². The van der Waals surface area contributed by atoms with E-state index >= 15 is 0 Å². The lowest BCUT2D eigenvalue weighted by Crippen LogP contribution is -2.19. The summed E-state index contributed by atoms with van der Waals surface area (Å²) in [6.45, 7) is 0. The number of nitrogens with one attached hydrogen (secondary N) is 2. The molecule has 3 N–H and O–H groups in total. The highest BCUT2D eigenvalue weighted by Crippen LogP contribution is 2.19. The number of hydrogen-bond acceptors (Lipinski definition) is 3. The first kappa shape index (κ1) is 14.9. The van der Waals surface area contributed by atoms with E-state index in [0.29, 0.717) is 11.4 Å². The molecule has 2 rings (SSSR count). The van der Waals surface area contributed by atoms with Gasteiger partial charge < -0.3 is 15.7 Å². The number of amides is 2. The van der Waals surface area contributed by atoms with Gasteiger partial charge >= 0.3 is 12.0 Å². The van der Waals surface area contributed by atoms with Gasteiger partial charge in [-0.15, -0.1) is 11.8 Å². The van der Waals surface area contributed by atoms with E-state index in [9.17, 15) is 9.59 Å². The average Bonchev–Trinajstić information content (AvgIpc) is 2.47. The van der Waals surface area contributed by atoms with Crippen LogP contribution in [0.15, 0.2) is 53.4 Å². The highest BCUT2D eigenvalue weighted by atomic mass is 32.2. The Morgan fingerprint density at radius 2 is 1.67 bits per heavy atom. The molecule has 0 unspecified atom stereocenters. The monoisotopic (exact) mass is 302 g/mol. The van der Waals surface area contributed by atoms with E-state index in [0.717, 1.165) is 4.90 Å². The van der Waals surface area contributed by atoms with Crippen LogP contribution < -0.4 is 10.6 Å². The second-order valence-corrected chi connectivity index (χ2v) is 5.07. The van der Waals surface area contributed by atoms with Crippen molar-refractivity contribution in [2.24, 2.45) is 0 Å². The highest BCUT2D eigenvalue weighted by Gasteiger charge is 2.05. The van der Waals surface area contributed by atoms with Gasteiger partial charge in [-0.1, -0.05) is 6.07 Å². The van der Waals surface area contributed by atoms with Crippen molar-refractivity contribution in [2.75, 3.05) is 16.9 Å². The first-order valence-corrected chi connectivity index (χ1v) is 7.36. The van der Waals surface area contributed by atoms with Crippen LogP contribution in [0.4, 0.5) is 16.2 Å². The van der Waals surface area contributed by atoms with Gasteiger partial charge in [0, 0.05) is 16.3 Å². The van der Waals surface area contributed by atoms with Crippen LogP contribution in [-0.2, 0) is 0 Å². The molecule has 0 aliphatic carbocycles. The fourth-order valence-corrected chi connectivity index (χ4v) is 2.15. The number of carbonyl (C=O) groups is 2. The zero-order chi connectivity index (χ0) is 15.2. The minimum atomic E-state index is -1.00. The van der Waals surface area contributed by atoms with Crippen LogP contribution in [0.3, 0.4) is 0 Å². The number of urea groups is 1. The Bertz CT molecular complexity index is 656. The molecule has 2 amide bonds. The molecule has 0 aliphatic rings. The molecule has 0 atom stereocenters. The number of carboxylic acids is 1. The summed E-state index contributed by atoms with van der Waals surface area (Å²) in [5.41, 5.74) is 1.40. The number of hydrogen-bond donors (Lipinski definition) is 3. The van der Waals surface area contributed by atoms with Crippen LogP contribution in [-0.4, -0.2) is 23.4 Å². The molecule has 0 radical (unpaired) electrons. The molecule has 0 fully saturated rings. The summed E-state index contributed by atoms with van der Waals surface area (Å²) in [6, 6.07) is 13.1. The second kappa shape index (κ2) is 6.81. The van der Waals surface area contributed by atoms with Gasteiger partial charge in [-0.3, -0.25) is 0 Å². The molecule has 0 saturated carbocycles. The van der Waals surface area contributed by atoms with E-state index in [4.69, 9.17) is 5.11 Å². The van der Waals surface area contributed by atoms with Gasteiger partial charge in [-0.05, 0) is 48.7 Å². The Balaban J connectivity index is 1.99. The van der Waals surface area contributed by atoms with Crippen LogP contribution in [0.5, 0.6) is 0 Å². The largest absolute Gasteiger partial charge is 0.478 e. The molecular weight excluding hydrogens is 288 g/mol. The van der Waals surface area contributed by atoms with Crippen LogP contribution in [0.1, 0.15) is 10.4 Å². The first-order chi connectivity index (χ1) is 10.1. The molecule has 0 heterocycles. The molecule has 0 aromatic heterocycles. The maximum Gasteiger partial charge on any atom is 0.335 e. The Morgan fingerprint density at radius 1 is 1.00 bits per heavy atom. The van der Waals surface area contributed by atoms with Gasteiger partial charge in [-0.25, -0.2) is 9.59 Å². The zero-order valence-corrected chi connectivity index (χ0v) is 12.1. The second-order valence-electron chi connectivity index (χ2n) is 4.19. The molecule has 6 heteroatoms. The summed E-state index contributed by atoms with van der Waals surface area (Å²) < 4.78 is 0. The number of thioether (sulfide) groups is 1. The number of anilines is 2. The van der Waals surface area contributed by atoms with Crippen molar-refractivity contribution in [1.29, 1.82) is 0 Å². The van der Waals surface area contributed by atoms with Gasteiger partial charge in [-0.2, -0.15) is 0 Å². The number of carbonyl (C=O) groups excluding carboxylic acids is 1.